The van der Waals surface area contributed by atoms with Crippen LogP contribution in [0.4, 0.5) is 30.7 Å². The number of halogens is 7. The highest BCUT2D eigenvalue weighted by atomic mass is 32.2. The topological polar surface area (TPSA) is 29.5 Å². The summed E-state index contributed by atoms with van der Waals surface area (Å²) < 4.78 is 96.7. The summed E-state index contributed by atoms with van der Waals surface area (Å²) in [5.41, 5.74) is -6.37. The number of fused-ring (bicyclic) bond motifs is 1. The average Bonchev–Trinajstić information content (AvgIpc) is 2.72. The lowest BCUT2D eigenvalue weighted by molar-refractivity contribution is -0.0977. The third-order valence-electron chi connectivity index (χ3n) is 4.87. The highest BCUT2D eigenvalue weighted by molar-refractivity contribution is 8.00. The van der Waals surface area contributed by atoms with Crippen LogP contribution in [0.5, 0.6) is 5.75 Å². The molecule has 2 aliphatic carbocycles. The molecule has 10 heteroatoms. The van der Waals surface area contributed by atoms with Crippen molar-refractivity contribution in [3.63, 3.8) is 0 Å². The first kappa shape index (κ1) is 20.3. The zero-order valence-corrected chi connectivity index (χ0v) is 14.6. The van der Waals surface area contributed by atoms with E-state index < -0.39 is 57.7 Å². The van der Waals surface area contributed by atoms with Gasteiger partial charge in [0.15, 0.2) is 0 Å². The van der Waals surface area contributed by atoms with Gasteiger partial charge in [-0.1, -0.05) is 6.42 Å². The van der Waals surface area contributed by atoms with Gasteiger partial charge in [0.2, 0.25) is 0 Å². The van der Waals surface area contributed by atoms with E-state index >= 15 is 0 Å². The number of benzene rings is 1. The predicted octanol–water partition coefficient (Wildman–Crippen LogP) is 5.85. The summed E-state index contributed by atoms with van der Waals surface area (Å²) in [5, 5.41) is 9.82. The second-order valence-corrected chi connectivity index (χ2v) is 7.89. The largest absolute Gasteiger partial charge is 0.492 e. The fourth-order valence-corrected chi connectivity index (χ4v) is 4.14. The van der Waals surface area contributed by atoms with E-state index in [1.165, 1.54) is 0 Å². The normalized spacial score (nSPS) is 22.7. The number of ether oxygens (including phenoxy) is 1. The van der Waals surface area contributed by atoms with E-state index in [0.717, 1.165) is 18.2 Å². The van der Waals surface area contributed by atoms with Gasteiger partial charge in [0.25, 0.3) is 12.0 Å². The molecule has 1 N–H and O–H groups in total. The maximum absolute atomic E-state index is 13.9. The maximum atomic E-state index is 13.9. The van der Waals surface area contributed by atoms with Gasteiger partial charge in [0.05, 0.1) is 6.61 Å². The van der Waals surface area contributed by atoms with E-state index in [1.807, 2.05) is 0 Å². The molecule has 150 valence electrons. The zero-order chi connectivity index (χ0) is 20.0. The Kier molecular flexibility index (Phi) is 5.17. The Morgan fingerprint density at radius 3 is 2.44 bits per heavy atom. The standard InChI is InChI=1S/C17H15F7O2S/c18-12(19)7-15(4-1-5-15)8-26-10-2-3-11(27-17(22,23)24)13-9(10)6-16(20,21)14(13)25/h2-3,7,14,25H,1,4-6,8H2. The number of hydrogen-bond donors (Lipinski definition) is 1. The highest BCUT2D eigenvalue weighted by Gasteiger charge is 2.50. The predicted molar refractivity (Wildman–Crippen MR) is 84.0 cm³/mol. The van der Waals surface area contributed by atoms with E-state index in [1.54, 1.807) is 0 Å². The van der Waals surface area contributed by atoms with Crippen LogP contribution in [0, 0.1) is 5.41 Å². The summed E-state index contributed by atoms with van der Waals surface area (Å²) in [7, 11) is 0. The molecular weight excluding hydrogens is 401 g/mol. The molecule has 1 aromatic carbocycles. The fourth-order valence-electron chi connectivity index (χ4n) is 3.41. The minimum atomic E-state index is -4.72. The number of hydrogen-bond acceptors (Lipinski definition) is 3. The maximum Gasteiger partial charge on any atom is 0.446 e. The average molecular weight is 416 g/mol. The van der Waals surface area contributed by atoms with Crippen LogP contribution in [-0.4, -0.2) is 23.1 Å². The first-order valence-electron chi connectivity index (χ1n) is 8.07. The lowest BCUT2D eigenvalue weighted by Gasteiger charge is -2.38. The van der Waals surface area contributed by atoms with Gasteiger partial charge in [-0.05, 0) is 42.8 Å². The van der Waals surface area contributed by atoms with Crippen molar-refractivity contribution in [2.75, 3.05) is 6.61 Å². The second-order valence-electron chi connectivity index (χ2n) is 6.78. The minimum Gasteiger partial charge on any atom is -0.492 e. The zero-order valence-electron chi connectivity index (χ0n) is 13.8. The highest BCUT2D eigenvalue weighted by Crippen LogP contribution is 2.53. The Labute approximate surface area is 154 Å². The molecule has 1 aromatic rings. The van der Waals surface area contributed by atoms with Crippen LogP contribution in [0.15, 0.2) is 29.2 Å². The summed E-state index contributed by atoms with van der Waals surface area (Å²) in [6.07, 6.45) is -2.88. The number of aliphatic hydroxyl groups excluding tert-OH is 1. The molecule has 1 saturated carbocycles. The molecular formula is C17H15F7O2S. The van der Waals surface area contributed by atoms with E-state index in [4.69, 9.17) is 4.74 Å². The first-order chi connectivity index (χ1) is 12.4. The van der Waals surface area contributed by atoms with Crippen molar-refractivity contribution in [1.82, 2.24) is 0 Å². The molecule has 27 heavy (non-hydrogen) atoms. The summed E-state index contributed by atoms with van der Waals surface area (Å²) in [6.45, 7) is -0.204. The van der Waals surface area contributed by atoms with E-state index in [9.17, 15) is 35.8 Å². The molecule has 1 fully saturated rings. The minimum absolute atomic E-state index is 0.119. The molecule has 3 rings (SSSR count). The molecule has 0 saturated heterocycles. The van der Waals surface area contributed by atoms with E-state index in [2.05, 4.69) is 0 Å². The monoisotopic (exact) mass is 416 g/mol. The van der Waals surface area contributed by atoms with Gasteiger partial charge in [-0.25, -0.2) is 8.78 Å². The van der Waals surface area contributed by atoms with Crippen LogP contribution >= 0.6 is 11.8 Å². The van der Waals surface area contributed by atoms with Crippen molar-refractivity contribution < 1.29 is 40.6 Å². The summed E-state index contributed by atoms with van der Waals surface area (Å²) in [6, 6.07) is 2.07. The van der Waals surface area contributed by atoms with Gasteiger partial charge in [-0.15, -0.1) is 0 Å². The van der Waals surface area contributed by atoms with Gasteiger partial charge in [-0.3, -0.25) is 0 Å². The van der Waals surface area contributed by atoms with Gasteiger partial charge in [0, 0.05) is 27.9 Å². The quantitative estimate of drug-likeness (QED) is 0.482. The fraction of sp³-hybridized carbons (Fsp3) is 0.529. The summed E-state index contributed by atoms with van der Waals surface area (Å²) >= 11 is -0.591. The number of thioether (sulfide) groups is 1. The van der Waals surface area contributed by atoms with Crippen molar-refractivity contribution in [3.05, 3.63) is 35.4 Å². The molecule has 1 atom stereocenters. The molecule has 2 nitrogen and oxygen atoms in total. The number of aliphatic hydroxyl groups is 1. The molecule has 0 spiro atoms. The molecule has 0 bridgehead atoms. The molecule has 0 aliphatic heterocycles. The summed E-state index contributed by atoms with van der Waals surface area (Å²) in [5.74, 6) is -3.76. The Morgan fingerprint density at radius 1 is 1.26 bits per heavy atom. The van der Waals surface area contributed by atoms with E-state index in [-0.39, 0.29) is 17.9 Å². The van der Waals surface area contributed by atoms with Crippen LogP contribution in [0.25, 0.3) is 0 Å². The van der Waals surface area contributed by atoms with Crippen molar-refractivity contribution >= 4 is 11.8 Å². The van der Waals surface area contributed by atoms with Gasteiger partial charge < -0.3 is 9.84 Å². The molecule has 0 radical (unpaired) electrons. The van der Waals surface area contributed by atoms with Crippen LogP contribution in [-0.2, 0) is 6.42 Å². The molecule has 0 amide bonds. The van der Waals surface area contributed by atoms with Gasteiger partial charge >= 0.3 is 5.51 Å². The van der Waals surface area contributed by atoms with Gasteiger partial charge in [-0.2, -0.15) is 22.0 Å². The Balaban J connectivity index is 1.91. The summed E-state index contributed by atoms with van der Waals surface area (Å²) in [4.78, 5) is -0.525. The third kappa shape index (κ3) is 4.21. The van der Waals surface area contributed by atoms with Crippen molar-refractivity contribution in [2.24, 2.45) is 5.41 Å². The smallest absolute Gasteiger partial charge is 0.446 e. The van der Waals surface area contributed by atoms with E-state index in [0.29, 0.717) is 19.3 Å². The van der Waals surface area contributed by atoms with Crippen LogP contribution in [0.2, 0.25) is 0 Å². The van der Waals surface area contributed by atoms with Crippen molar-refractivity contribution in [1.29, 1.82) is 0 Å². The third-order valence-corrected chi connectivity index (χ3v) is 5.67. The molecule has 1 unspecified atom stereocenters. The van der Waals surface area contributed by atoms with Crippen LogP contribution in [0.3, 0.4) is 0 Å². The van der Waals surface area contributed by atoms with Crippen molar-refractivity contribution in [3.8, 4) is 5.75 Å². The lowest BCUT2D eigenvalue weighted by atomic mass is 9.69. The number of alkyl halides is 5. The lowest BCUT2D eigenvalue weighted by Crippen LogP contribution is -2.34. The Hall–Kier alpha value is -1.42. The first-order valence-corrected chi connectivity index (χ1v) is 8.88. The number of rotatable bonds is 5. The Morgan fingerprint density at radius 2 is 1.93 bits per heavy atom. The molecule has 0 heterocycles. The SMILES string of the molecule is OC1c2c(SC(F)(F)F)ccc(OCC3(C=C(F)F)CCC3)c2CC1(F)F. The van der Waals surface area contributed by atoms with Gasteiger partial charge in [0.1, 0.15) is 11.9 Å². The van der Waals surface area contributed by atoms with Crippen molar-refractivity contribution in [2.45, 2.75) is 48.1 Å². The van der Waals surface area contributed by atoms with Crippen LogP contribution < -0.4 is 4.74 Å². The molecule has 0 aromatic heterocycles. The Bertz CT molecular complexity index is 752. The second kappa shape index (κ2) is 6.88. The molecule has 2 aliphatic rings. The van der Waals surface area contributed by atoms with Crippen LogP contribution in [0.1, 0.15) is 36.5 Å².